The lowest BCUT2D eigenvalue weighted by Gasteiger charge is -2.26. The van der Waals surface area contributed by atoms with Gasteiger partial charge in [-0.2, -0.15) is 0 Å². The van der Waals surface area contributed by atoms with Gasteiger partial charge in [0, 0.05) is 36.8 Å². The number of carbonyl (C=O) groups is 1. The van der Waals surface area contributed by atoms with Crippen molar-refractivity contribution in [2.24, 2.45) is 0 Å². The number of pyridine rings is 1. The quantitative estimate of drug-likeness (QED) is 0.237. The van der Waals surface area contributed by atoms with Gasteiger partial charge in [0.1, 0.15) is 5.75 Å². The number of hydrogen-bond donors (Lipinski definition) is 2. The van der Waals surface area contributed by atoms with Gasteiger partial charge in [-0.1, -0.05) is 70.2 Å². The number of hydrogen-bond acceptors (Lipinski definition) is 5. The molecule has 1 saturated heterocycles. The number of urea groups is 1. The molecule has 5 rings (SSSR count). The van der Waals surface area contributed by atoms with Gasteiger partial charge in [0.15, 0.2) is 0 Å². The number of fused-ring (bicyclic) bond motifs is 1. The first kappa shape index (κ1) is 28.6. The predicted octanol–water partition coefficient (Wildman–Crippen LogP) is 7.46. The van der Waals surface area contributed by atoms with Crippen LogP contribution in [0.5, 0.6) is 5.75 Å². The second kappa shape index (κ2) is 12.7. The highest BCUT2D eigenvalue weighted by Gasteiger charge is 2.18. The summed E-state index contributed by atoms with van der Waals surface area (Å²) in [5, 5.41) is 8.07. The van der Waals surface area contributed by atoms with Crippen LogP contribution < -0.4 is 15.4 Å². The number of nitrogens with zero attached hydrogens (tertiary/aromatic N) is 2. The summed E-state index contributed by atoms with van der Waals surface area (Å²) in [6, 6.07) is 22.0. The third kappa shape index (κ3) is 7.04. The van der Waals surface area contributed by atoms with Gasteiger partial charge < -0.3 is 20.1 Å². The highest BCUT2D eigenvalue weighted by atomic mass is 16.5. The van der Waals surface area contributed by atoms with E-state index in [1.807, 2.05) is 54.7 Å². The third-order valence-electron chi connectivity index (χ3n) is 7.35. The van der Waals surface area contributed by atoms with Crippen molar-refractivity contribution in [3.05, 3.63) is 84.2 Å². The minimum Gasteiger partial charge on any atom is -0.491 e. The molecule has 3 aromatic carbocycles. The van der Waals surface area contributed by atoms with Crippen LogP contribution in [0.1, 0.15) is 45.4 Å². The van der Waals surface area contributed by atoms with Crippen LogP contribution >= 0.6 is 0 Å². The molecular weight excluding hydrogens is 512 g/mol. The summed E-state index contributed by atoms with van der Waals surface area (Å²) < 4.78 is 11.5. The summed E-state index contributed by atoms with van der Waals surface area (Å²) in [6.45, 7) is 13.4. The van der Waals surface area contributed by atoms with Crippen molar-refractivity contribution in [2.45, 2.75) is 46.1 Å². The molecule has 2 amide bonds. The van der Waals surface area contributed by atoms with Crippen molar-refractivity contribution >= 4 is 28.2 Å². The zero-order valence-corrected chi connectivity index (χ0v) is 24.5. The number of rotatable bonds is 8. The largest absolute Gasteiger partial charge is 0.491 e. The topological polar surface area (TPSA) is 75.7 Å². The Morgan fingerprint density at radius 1 is 0.951 bits per heavy atom. The van der Waals surface area contributed by atoms with Crippen LogP contribution in [-0.2, 0) is 16.7 Å². The zero-order valence-electron chi connectivity index (χ0n) is 24.5. The lowest BCUT2D eigenvalue weighted by molar-refractivity contribution is 0.0336. The predicted molar refractivity (Wildman–Crippen MR) is 167 cm³/mol. The van der Waals surface area contributed by atoms with Crippen molar-refractivity contribution in [2.75, 3.05) is 43.5 Å². The fourth-order valence-electron chi connectivity index (χ4n) is 5.02. The molecule has 0 unspecified atom stereocenters. The Morgan fingerprint density at radius 2 is 1.68 bits per heavy atom. The Kier molecular flexibility index (Phi) is 8.86. The van der Waals surface area contributed by atoms with Gasteiger partial charge in [0.05, 0.1) is 36.9 Å². The van der Waals surface area contributed by atoms with E-state index in [0.717, 1.165) is 78.1 Å². The number of nitrogens with one attached hydrogen (secondary N) is 2. The molecule has 1 aliphatic heterocycles. The first-order chi connectivity index (χ1) is 19.8. The second-order valence-corrected chi connectivity index (χ2v) is 11.5. The first-order valence-electron chi connectivity index (χ1n) is 14.4. The number of anilines is 2. The number of benzene rings is 3. The van der Waals surface area contributed by atoms with Gasteiger partial charge >= 0.3 is 6.03 Å². The number of aromatic nitrogens is 1. The Morgan fingerprint density at radius 3 is 2.39 bits per heavy atom. The molecule has 1 aromatic heterocycles. The molecule has 1 fully saturated rings. The van der Waals surface area contributed by atoms with E-state index in [1.165, 1.54) is 0 Å². The zero-order chi connectivity index (χ0) is 28.8. The maximum atomic E-state index is 13.2. The molecule has 0 saturated carbocycles. The van der Waals surface area contributed by atoms with Crippen molar-refractivity contribution < 1.29 is 14.3 Å². The molecule has 2 N–H and O–H groups in total. The van der Waals surface area contributed by atoms with E-state index < -0.39 is 0 Å². The van der Waals surface area contributed by atoms with Crippen LogP contribution in [0, 0.1) is 0 Å². The summed E-state index contributed by atoms with van der Waals surface area (Å²) in [5.74, 6) is 0.680. The van der Waals surface area contributed by atoms with E-state index in [9.17, 15) is 4.79 Å². The van der Waals surface area contributed by atoms with Gasteiger partial charge in [-0.05, 0) is 52.6 Å². The first-order valence-corrected chi connectivity index (χ1v) is 14.4. The summed E-state index contributed by atoms with van der Waals surface area (Å²) in [5.41, 5.74) is 5.68. The molecular formula is C34H40N4O3. The van der Waals surface area contributed by atoms with Gasteiger partial charge in [-0.15, -0.1) is 0 Å². The smallest absolute Gasteiger partial charge is 0.323 e. The Labute approximate surface area is 242 Å². The van der Waals surface area contributed by atoms with Crippen molar-refractivity contribution in [1.29, 1.82) is 0 Å². The number of morpholine rings is 1. The molecule has 0 radical (unpaired) electrons. The maximum absolute atomic E-state index is 13.2. The van der Waals surface area contributed by atoms with Gasteiger partial charge in [-0.3, -0.25) is 9.88 Å². The summed E-state index contributed by atoms with van der Waals surface area (Å²) in [7, 11) is 0. The highest BCUT2D eigenvalue weighted by molar-refractivity contribution is 6.10. The van der Waals surface area contributed by atoms with E-state index in [1.54, 1.807) is 0 Å². The number of amides is 2. The average molecular weight is 553 g/mol. The van der Waals surface area contributed by atoms with Gasteiger partial charge in [0.2, 0.25) is 0 Å². The molecule has 0 aliphatic carbocycles. The molecule has 214 valence electrons. The SMILES string of the molecule is CCCOc1cc(C(C)(C)C)ccc1NC(=O)Nc1ccc(-c2ccc(CN3CCOCC3)nc2)c2ccccc12. The molecule has 7 heteroatoms. The van der Waals surface area contributed by atoms with E-state index in [-0.39, 0.29) is 11.4 Å². The molecule has 0 atom stereocenters. The normalized spacial score (nSPS) is 14.1. The number of ether oxygens (including phenoxy) is 2. The van der Waals surface area contributed by atoms with Gasteiger partial charge in [0.25, 0.3) is 0 Å². The third-order valence-corrected chi connectivity index (χ3v) is 7.35. The fraction of sp³-hybridized carbons (Fsp3) is 0.353. The van der Waals surface area contributed by atoms with Crippen molar-refractivity contribution in [1.82, 2.24) is 9.88 Å². The van der Waals surface area contributed by atoms with Crippen LogP contribution in [0.15, 0.2) is 72.9 Å². The molecule has 41 heavy (non-hydrogen) atoms. The summed E-state index contributed by atoms with van der Waals surface area (Å²) in [4.78, 5) is 20.3. The van der Waals surface area contributed by atoms with Crippen LogP contribution in [0.2, 0.25) is 0 Å². The maximum Gasteiger partial charge on any atom is 0.323 e. The molecule has 4 aromatic rings. The monoisotopic (exact) mass is 552 g/mol. The summed E-state index contributed by atoms with van der Waals surface area (Å²) in [6.07, 6.45) is 2.83. The van der Waals surface area contributed by atoms with E-state index in [4.69, 9.17) is 14.5 Å². The lowest BCUT2D eigenvalue weighted by Crippen LogP contribution is -2.35. The Bertz CT molecular complexity index is 1490. The standard InChI is InChI=1S/C34H40N4O3/c1-5-18-41-32-21-25(34(2,3)4)11-14-31(32)37-33(39)36-30-15-13-27(28-8-6-7-9-29(28)30)24-10-12-26(35-22-24)23-38-16-19-40-20-17-38/h6-15,21-22H,5,16-20,23H2,1-4H3,(H2,36,37,39). The minimum atomic E-state index is -0.318. The van der Waals surface area contributed by atoms with E-state index in [0.29, 0.717) is 18.0 Å². The van der Waals surface area contributed by atoms with Crippen LogP contribution in [0.4, 0.5) is 16.2 Å². The van der Waals surface area contributed by atoms with Crippen LogP contribution in [-0.4, -0.2) is 48.8 Å². The number of carbonyl (C=O) groups excluding carboxylic acids is 1. The fourth-order valence-corrected chi connectivity index (χ4v) is 5.02. The molecule has 2 heterocycles. The second-order valence-electron chi connectivity index (χ2n) is 11.5. The Hall–Kier alpha value is -3.94. The van der Waals surface area contributed by atoms with Gasteiger partial charge in [-0.25, -0.2) is 4.79 Å². The van der Waals surface area contributed by atoms with Crippen LogP contribution in [0.25, 0.3) is 21.9 Å². The van der Waals surface area contributed by atoms with Crippen molar-refractivity contribution in [3.8, 4) is 16.9 Å². The minimum absolute atomic E-state index is 0.0235. The molecule has 0 bridgehead atoms. The highest BCUT2D eigenvalue weighted by Crippen LogP contribution is 2.35. The molecule has 0 spiro atoms. The van der Waals surface area contributed by atoms with E-state index >= 15 is 0 Å². The molecule has 1 aliphatic rings. The average Bonchev–Trinajstić information content (AvgIpc) is 2.97. The molecule has 7 nitrogen and oxygen atoms in total. The Balaban J connectivity index is 1.35. The van der Waals surface area contributed by atoms with E-state index in [2.05, 4.69) is 61.4 Å². The summed E-state index contributed by atoms with van der Waals surface area (Å²) >= 11 is 0. The van der Waals surface area contributed by atoms with Crippen LogP contribution in [0.3, 0.4) is 0 Å². The van der Waals surface area contributed by atoms with Crippen molar-refractivity contribution in [3.63, 3.8) is 0 Å². The lowest BCUT2D eigenvalue weighted by atomic mass is 9.87.